The van der Waals surface area contributed by atoms with Gasteiger partial charge in [0.1, 0.15) is 0 Å². The minimum atomic E-state index is -5.68. The summed E-state index contributed by atoms with van der Waals surface area (Å²) in [5.74, 6) is -5.31. The van der Waals surface area contributed by atoms with Crippen molar-refractivity contribution in [2.45, 2.75) is 50.6 Å². The van der Waals surface area contributed by atoms with E-state index in [0.717, 1.165) is 0 Å². The smallest absolute Gasteiger partial charge is 0.456 e. The average molecular weight is 374 g/mol. The van der Waals surface area contributed by atoms with Gasteiger partial charge in [0.2, 0.25) is 5.88 Å². The van der Waals surface area contributed by atoms with E-state index < -0.39 is 34.4 Å². The molecule has 10 heteroatoms. The van der Waals surface area contributed by atoms with Gasteiger partial charge in [0.05, 0.1) is 15.7 Å². The first-order chi connectivity index (χ1) is 10.7. The van der Waals surface area contributed by atoms with Gasteiger partial charge >= 0.3 is 12.1 Å². The topological polar surface area (TPSA) is 51.2 Å². The normalized spacial score (nSPS) is 15.9. The Hall–Kier alpha value is -1.29. The molecule has 0 amide bonds. The zero-order chi connectivity index (χ0) is 18.8. The first-order valence-corrected chi connectivity index (χ1v) is 8.10. The lowest BCUT2D eigenvalue weighted by Gasteiger charge is -2.22. The van der Waals surface area contributed by atoms with Crippen molar-refractivity contribution < 1.29 is 30.9 Å². The van der Waals surface area contributed by atoms with E-state index in [9.17, 15) is 26.2 Å². The fourth-order valence-corrected chi connectivity index (χ4v) is 2.20. The van der Waals surface area contributed by atoms with Crippen LogP contribution in [0.4, 0.5) is 22.0 Å². The van der Waals surface area contributed by atoms with Crippen LogP contribution in [0.1, 0.15) is 39.3 Å². The second-order valence-corrected chi connectivity index (χ2v) is 8.14. The van der Waals surface area contributed by atoms with E-state index in [1.165, 1.54) is 18.3 Å². The Morgan fingerprint density at radius 2 is 1.79 bits per heavy atom. The highest BCUT2D eigenvalue weighted by atomic mass is 32.2. The Kier molecular flexibility index (Phi) is 6.31. The van der Waals surface area contributed by atoms with E-state index in [1.54, 1.807) is 27.7 Å². The molecule has 0 aliphatic carbocycles. The van der Waals surface area contributed by atoms with E-state index >= 15 is 0 Å². The Morgan fingerprint density at radius 1 is 1.21 bits per heavy atom. The molecule has 0 spiro atoms. The average Bonchev–Trinajstić information content (AvgIpc) is 2.43. The van der Waals surface area contributed by atoms with Crippen molar-refractivity contribution in [1.82, 2.24) is 9.71 Å². The Labute approximate surface area is 139 Å². The highest BCUT2D eigenvalue weighted by Gasteiger charge is 2.58. The zero-order valence-corrected chi connectivity index (χ0v) is 14.4. The molecule has 1 rings (SSSR count). The van der Waals surface area contributed by atoms with Gasteiger partial charge < -0.3 is 4.74 Å². The van der Waals surface area contributed by atoms with Crippen LogP contribution in [0.2, 0.25) is 0 Å². The Balaban J connectivity index is 2.68. The standard InChI is InChI=1S/C14H19F5N2O2S/c1-9(21-24(22)12(2,3)4)10-5-6-11(20-7-10)23-8-13(15,16)14(17,18)19/h5-7,9,21H,8H2,1-4H3. The monoisotopic (exact) mass is 374 g/mol. The van der Waals surface area contributed by atoms with E-state index in [2.05, 4.69) is 14.4 Å². The number of halogens is 5. The summed E-state index contributed by atoms with van der Waals surface area (Å²) in [5, 5.41) is 0. The summed E-state index contributed by atoms with van der Waals surface area (Å²) in [5.41, 5.74) is 0.586. The lowest BCUT2D eigenvalue weighted by molar-refractivity contribution is -0.290. The molecule has 138 valence electrons. The lowest BCUT2D eigenvalue weighted by atomic mass is 10.2. The van der Waals surface area contributed by atoms with Crippen molar-refractivity contribution in [2.24, 2.45) is 0 Å². The molecule has 1 heterocycles. The zero-order valence-electron chi connectivity index (χ0n) is 13.6. The van der Waals surface area contributed by atoms with E-state index in [-0.39, 0.29) is 11.9 Å². The molecule has 4 nitrogen and oxygen atoms in total. The minimum Gasteiger partial charge on any atom is -0.471 e. The van der Waals surface area contributed by atoms with Gasteiger partial charge in [0.15, 0.2) is 6.61 Å². The fourth-order valence-electron chi connectivity index (χ4n) is 1.39. The summed E-state index contributed by atoms with van der Waals surface area (Å²) in [6.45, 7) is 5.25. The molecule has 1 aromatic rings. The van der Waals surface area contributed by atoms with Gasteiger partial charge in [-0.3, -0.25) is 0 Å². The number of nitrogens with zero attached hydrogens (tertiary/aromatic N) is 1. The van der Waals surface area contributed by atoms with Gasteiger partial charge in [0.25, 0.3) is 0 Å². The van der Waals surface area contributed by atoms with Crippen LogP contribution in [0.5, 0.6) is 5.88 Å². The predicted octanol–water partition coefficient (Wildman–Crippen LogP) is 3.77. The third-order valence-electron chi connectivity index (χ3n) is 2.92. The van der Waals surface area contributed by atoms with Crippen LogP contribution >= 0.6 is 0 Å². The molecule has 0 aromatic carbocycles. The quantitative estimate of drug-likeness (QED) is 0.772. The van der Waals surface area contributed by atoms with Crippen molar-refractivity contribution in [3.05, 3.63) is 23.9 Å². The maximum atomic E-state index is 12.8. The molecule has 24 heavy (non-hydrogen) atoms. The molecule has 0 bridgehead atoms. The summed E-state index contributed by atoms with van der Waals surface area (Å²) in [6, 6.07) is 2.27. The van der Waals surface area contributed by atoms with Gasteiger partial charge in [-0.05, 0) is 33.3 Å². The molecule has 0 radical (unpaired) electrons. The number of nitrogens with one attached hydrogen (secondary N) is 1. The fraction of sp³-hybridized carbons (Fsp3) is 0.643. The molecule has 2 atom stereocenters. The summed E-state index contributed by atoms with van der Waals surface area (Å²) in [7, 11) is -1.33. The highest BCUT2D eigenvalue weighted by Crippen LogP contribution is 2.35. The van der Waals surface area contributed by atoms with Crippen LogP contribution in [0, 0.1) is 0 Å². The van der Waals surface area contributed by atoms with Gasteiger partial charge in [-0.1, -0.05) is 6.07 Å². The first-order valence-electron chi connectivity index (χ1n) is 6.95. The van der Waals surface area contributed by atoms with Crippen LogP contribution in [-0.4, -0.2) is 32.6 Å². The maximum Gasteiger partial charge on any atom is 0.456 e. The van der Waals surface area contributed by atoms with Crippen LogP contribution in [0.3, 0.4) is 0 Å². The molecule has 0 saturated heterocycles. The molecule has 2 unspecified atom stereocenters. The molecule has 1 aromatic heterocycles. The lowest BCUT2D eigenvalue weighted by Crippen LogP contribution is -2.41. The van der Waals surface area contributed by atoms with Crippen molar-refractivity contribution in [3.8, 4) is 5.88 Å². The second-order valence-electron chi connectivity index (χ2n) is 6.14. The third kappa shape index (κ3) is 5.66. The number of alkyl halides is 5. The largest absolute Gasteiger partial charge is 0.471 e. The molecule has 0 aliphatic rings. The molecule has 0 fully saturated rings. The number of rotatable bonds is 6. The maximum absolute atomic E-state index is 12.8. The van der Waals surface area contributed by atoms with Crippen LogP contribution in [0.15, 0.2) is 18.3 Å². The number of ether oxygens (including phenoxy) is 1. The van der Waals surface area contributed by atoms with Crippen LogP contribution < -0.4 is 9.46 Å². The van der Waals surface area contributed by atoms with Crippen molar-refractivity contribution in [2.75, 3.05) is 6.61 Å². The van der Waals surface area contributed by atoms with Crippen LogP contribution in [-0.2, 0) is 11.0 Å². The SMILES string of the molecule is CC(NS(=O)C(C)(C)C)c1ccc(OCC(F)(F)C(F)(F)F)nc1. The van der Waals surface area contributed by atoms with Gasteiger partial charge in [-0.2, -0.15) is 22.0 Å². The van der Waals surface area contributed by atoms with Gasteiger partial charge in [-0.25, -0.2) is 13.9 Å². The summed E-state index contributed by atoms with van der Waals surface area (Å²) in [6.07, 6.45) is -4.42. The van der Waals surface area contributed by atoms with Crippen LogP contribution in [0.25, 0.3) is 0 Å². The minimum absolute atomic E-state index is 0.355. The first kappa shape index (κ1) is 20.8. The van der Waals surface area contributed by atoms with E-state index in [0.29, 0.717) is 5.56 Å². The molecule has 0 saturated carbocycles. The van der Waals surface area contributed by atoms with E-state index in [4.69, 9.17) is 0 Å². The summed E-state index contributed by atoms with van der Waals surface area (Å²) < 4.78 is 80.4. The summed E-state index contributed by atoms with van der Waals surface area (Å²) >= 11 is 0. The Morgan fingerprint density at radius 3 is 2.21 bits per heavy atom. The molecule has 1 N–H and O–H groups in total. The van der Waals surface area contributed by atoms with Crippen molar-refractivity contribution in [3.63, 3.8) is 0 Å². The predicted molar refractivity (Wildman–Crippen MR) is 80.2 cm³/mol. The summed E-state index contributed by atoms with van der Waals surface area (Å²) in [4.78, 5) is 3.69. The number of hydrogen-bond donors (Lipinski definition) is 1. The Bertz CT molecular complexity index is 570. The van der Waals surface area contributed by atoms with Gasteiger partial charge in [-0.15, -0.1) is 0 Å². The molecular weight excluding hydrogens is 355 g/mol. The highest BCUT2D eigenvalue weighted by molar-refractivity contribution is 7.84. The third-order valence-corrected chi connectivity index (χ3v) is 4.60. The number of aromatic nitrogens is 1. The number of pyridine rings is 1. The molecule has 0 aliphatic heterocycles. The molecular formula is C14H19F5N2O2S. The number of hydrogen-bond acceptors (Lipinski definition) is 3. The van der Waals surface area contributed by atoms with E-state index in [1.807, 2.05) is 0 Å². The van der Waals surface area contributed by atoms with Gasteiger partial charge in [0, 0.05) is 18.3 Å². The second kappa shape index (κ2) is 7.30. The van der Waals surface area contributed by atoms with Crippen molar-refractivity contribution >= 4 is 11.0 Å². The van der Waals surface area contributed by atoms with Crippen molar-refractivity contribution in [1.29, 1.82) is 0 Å².